The SMILES string of the molecule is OC(c1cnccc1OC1CC1)C1CCN(c2ccc(C(F)(F)F)nc2)CC1. The molecule has 4 rings (SSSR count). The Kier molecular flexibility index (Phi) is 5.14. The topological polar surface area (TPSA) is 58.5 Å². The van der Waals surface area contributed by atoms with Gasteiger partial charge in [-0.15, -0.1) is 0 Å². The second kappa shape index (κ2) is 7.58. The number of nitrogens with zero attached hydrogens (tertiary/aromatic N) is 3. The number of aliphatic hydroxyl groups is 1. The molecular formula is C20H22F3N3O2. The van der Waals surface area contributed by atoms with Gasteiger partial charge in [0.15, 0.2) is 0 Å². The quantitative estimate of drug-likeness (QED) is 0.833. The van der Waals surface area contributed by atoms with Gasteiger partial charge in [-0.25, -0.2) is 4.98 Å². The highest BCUT2D eigenvalue weighted by molar-refractivity contribution is 5.45. The normalized spacial score (nSPS) is 19.5. The van der Waals surface area contributed by atoms with Crippen LogP contribution < -0.4 is 9.64 Å². The first kappa shape index (κ1) is 19.0. The van der Waals surface area contributed by atoms with E-state index in [2.05, 4.69) is 9.97 Å². The molecule has 1 unspecified atom stereocenters. The second-order valence-corrected chi connectivity index (χ2v) is 7.40. The van der Waals surface area contributed by atoms with Crippen LogP contribution in [0.25, 0.3) is 0 Å². The molecule has 5 nitrogen and oxygen atoms in total. The van der Waals surface area contributed by atoms with Crippen molar-refractivity contribution in [3.05, 3.63) is 48.0 Å². The maximum absolute atomic E-state index is 12.7. The van der Waals surface area contributed by atoms with E-state index < -0.39 is 18.0 Å². The lowest BCUT2D eigenvalue weighted by Crippen LogP contribution is -2.35. The van der Waals surface area contributed by atoms with Crippen LogP contribution in [0.4, 0.5) is 18.9 Å². The molecule has 2 aromatic heterocycles. The van der Waals surface area contributed by atoms with E-state index >= 15 is 0 Å². The maximum atomic E-state index is 12.7. The number of pyridine rings is 2. The molecule has 1 aliphatic heterocycles. The molecule has 2 aliphatic rings. The summed E-state index contributed by atoms with van der Waals surface area (Å²) in [6, 6.07) is 4.25. The number of aromatic nitrogens is 2. The van der Waals surface area contributed by atoms with Gasteiger partial charge >= 0.3 is 6.18 Å². The maximum Gasteiger partial charge on any atom is 0.433 e. The summed E-state index contributed by atoms with van der Waals surface area (Å²) < 4.78 is 43.9. The van der Waals surface area contributed by atoms with Gasteiger partial charge in [-0.3, -0.25) is 4.98 Å². The summed E-state index contributed by atoms with van der Waals surface area (Å²) in [6.45, 7) is 1.29. The fraction of sp³-hybridized carbons (Fsp3) is 0.500. The summed E-state index contributed by atoms with van der Waals surface area (Å²) in [6.07, 6.45) is 3.25. The lowest BCUT2D eigenvalue weighted by Gasteiger charge is -2.35. The minimum atomic E-state index is -4.43. The number of piperidine rings is 1. The number of rotatable bonds is 5. The first-order valence-electron chi connectivity index (χ1n) is 9.48. The molecule has 28 heavy (non-hydrogen) atoms. The number of hydrogen-bond acceptors (Lipinski definition) is 5. The number of ether oxygens (including phenoxy) is 1. The van der Waals surface area contributed by atoms with Gasteiger partial charge in [0, 0.05) is 31.0 Å². The molecule has 0 aromatic carbocycles. The molecule has 0 radical (unpaired) electrons. The number of alkyl halides is 3. The van der Waals surface area contributed by atoms with Crippen LogP contribution in [0.2, 0.25) is 0 Å². The third-order valence-electron chi connectivity index (χ3n) is 5.34. The van der Waals surface area contributed by atoms with Crippen molar-refractivity contribution in [1.29, 1.82) is 0 Å². The molecule has 0 spiro atoms. The van der Waals surface area contributed by atoms with Gasteiger partial charge in [-0.1, -0.05) is 0 Å². The van der Waals surface area contributed by atoms with Crippen molar-refractivity contribution in [2.75, 3.05) is 18.0 Å². The Morgan fingerprint density at radius 3 is 2.43 bits per heavy atom. The standard InChI is InChI=1S/C20H22F3N3O2/c21-20(22,23)18-4-1-14(11-25-18)26-9-6-13(7-10-26)19(27)16-12-24-8-5-17(16)28-15-2-3-15/h1,4-5,8,11-13,15,19,27H,2-3,6-7,9-10H2. The zero-order chi connectivity index (χ0) is 19.7. The van der Waals surface area contributed by atoms with Crippen LogP contribution in [-0.4, -0.2) is 34.3 Å². The fourth-order valence-corrected chi connectivity index (χ4v) is 3.56. The van der Waals surface area contributed by atoms with E-state index in [0.29, 0.717) is 30.1 Å². The molecule has 1 saturated carbocycles. The number of aliphatic hydroxyl groups excluding tert-OH is 1. The van der Waals surface area contributed by atoms with Gasteiger partial charge in [-0.05, 0) is 49.8 Å². The molecule has 0 amide bonds. The Morgan fingerprint density at radius 2 is 1.82 bits per heavy atom. The zero-order valence-electron chi connectivity index (χ0n) is 15.3. The van der Waals surface area contributed by atoms with Gasteiger partial charge in [0.05, 0.1) is 24.1 Å². The Balaban J connectivity index is 1.39. The van der Waals surface area contributed by atoms with Crippen LogP contribution in [0.15, 0.2) is 36.8 Å². The monoisotopic (exact) mass is 393 g/mol. The summed E-state index contributed by atoms with van der Waals surface area (Å²) in [5.74, 6) is 0.740. The number of hydrogen-bond donors (Lipinski definition) is 1. The van der Waals surface area contributed by atoms with Crippen molar-refractivity contribution in [2.24, 2.45) is 5.92 Å². The van der Waals surface area contributed by atoms with E-state index in [9.17, 15) is 18.3 Å². The van der Waals surface area contributed by atoms with Crippen LogP contribution >= 0.6 is 0 Å². The van der Waals surface area contributed by atoms with Crippen LogP contribution in [-0.2, 0) is 6.18 Å². The average molecular weight is 393 g/mol. The van der Waals surface area contributed by atoms with Gasteiger partial charge in [0.25, 0.3) is 0 Å². The first-order chi connectivity index (χ1) is 13.4. The van der Waals surface area contributed by atoms with Crippen molar-refractivity contribution in [1.82, 2.24) is 9.97 Å². The summed E-state index contributed by atoms with van der Waals surface area (Å²) in [5, 5.41) is 10.9. The van der Waals surface area contributed by atoms with Crippen molar-refractivity contribution in [3.63, 3.8) is 0 Å². The van der Waals surface area contributed by atoms with Gasteiger partial charge in [0.2, 0.25) is 0 Å². The largest absolute Gasteiger partial charge is 0.490 e. The van der Waals surface area contributed by atoms with E-state index in [0.717, 1.165) is 31.7 Å². The van der Waals surface area contributed by atoms with Crippen molar-refractivity contribution >= 4 is 5.69 Å². The highest BCUT2D eigenvalue weighted by atomic mass is 19.4. The van der Waals surface area contributed by atoms with Gasteiger partial charge in [-0.2, -0.15) is 13.2 Å². The zero-order valence-corrected chi connectivity index (χ0v) is 15.3. The molecule has 3 heterocycles. The van der Waals surface area contributed by atoms with Gasteiger partial charge in [0.1, 0.15) is 11.4 Å². The first-order valence-corrected chi connectivity index (χ1v) is 9.48. The predicted octanol–water partition coefficient (Wildman–Crippen LogP) is 3.99. The highest BCUT2D eigenvalue weighted by Crippen LogP contribution is 2.38. The van der Waals surface area contributed by atoms with Crippen LogP contribution in [0.3, 0.4) is 0 Å². The highest BCUT2D eigenvalue weighted by Gasteiger charge is 2.33. The molecule has 2 aromatic rings. The van der Waals surface area contributed by atoms with E-state index in [4.69, 9.17) is 4.74 Å². The number of anilines is 1. The minimum absolute atomic E-state index is 0.0458. The third kappa shape index (κ3) is 4.22. The molecular weight excluding hydrogens is 371 g/mol. The van der Waals surface area contributed by atoms with Crippen LogP contribution in [0, 0.1) is 5.92 Å². The Morgan fingerprint density at radius 1 is 1.07 bits per heavy atom. The Hall–Kier alpha value is -2.35. The summed E-state index contributed by atoms with van der Waals surface area (Å²) in [7, 11) is 0. The minimum Gasteiger partial charge on any atom is -0.490 e. The molecule has 1 atom stereocenters. The molecule has 2 fully saturated rings. The fourth-order valence-electron chi connectivity index (χ4n) is 3.56. The molecule has 1 aliphatic carbocycles. The molecule has 1 N–H and O–H groups in total. The van der Waals surface area contributed by atoms with E-state index in [1.165, 1.54) is 12.3 Å². The summed E-state index contributed by atoms with van der Waals surface area (Å²) >= 11 is 0. The molecule has 8 heteroatoms. The second-order valence-electron chi connectivity index (χ2n) is 7.40. The van der Waals surface area contributed by atoms with E-state index in [-0.39, 0.29) is 12.0 Å². The lowest BCUT2D eigenvalue weighted by atomic mass is 9.87. The smallest absolute Gasteiger partial charge is 0.433 e. The Bertz CT molecular complexity index is 801. The van der Waals surface area contributed by atoms with Crippen LogP contribution in [0.1, 0.15) is 43.0 Å². The molecule has 150 valence electrons. The van der Waals surface area contributed by atoms with E-state index in [1.807, 2.05) is 4.90 Å². The summed E-state index contributed by atoms with van der Waals surface area (Å²) in [5.41, 5.74) is 0.491. The Labute approximate surface area is 161 Å². The number of halogens is 3. The van der Waals surface area contributed by atoms with Gasteiger partial charge < -0.3 is 14.7 Å². The van der Waals surface area contributed by atoms with E-state index in [1.54, 1.807) is 18.5 Å². The molecule has 0 bridgehead atoms. The summed E-state index contributed by atoms with van der Waals surface area (Å²) in [4.78, 5) is 9.66. The third-order valence-corrected chi connectivity index (χ3v) is 5.34. The van der Waals surface area contributed by atoms with Crippen LogP contribution in [0.5, 0.6) is 5.75 Å². The predicted molar refractivity (Wildman–Crippen MR) is 97.0 cm³/mol. The van der Waals surface area contributed by atoms with Crippen molar-refractivity contribution in [2.45, 2.75) is 44.1 Å². The van der Waals surface area contributed by atoms with Crippen molar-refractivity contribution < 1.29 is 23.0 Å². The van der Waals surface area contributed by atoms with Crippen molar-refractivity contribution in [3.8, 4) is 5.75 Å². The molecule has 1 saturated heterocycles. The lowest BCUT2D eigenvalue weighted by molar-refractivity contribution is -0.141. The average Bonchev–Trinajstić information content (AvgIpc) is 3.52.